The van der Waals surface area contributed by atoms with Gasteiger partial charge in [0.15, 0.2) is 0 Å². The van der Waals surface area contributed by atoms with Crippen molar-refractivity contribution >= 4 is 35.6 Å². The number of benzene rings is 1. The Morgan fingerprint density at radius 2 is 1.37 bits per heavy atom. The van der Waals surface area contributed by atoms with Crippen LogP contribution in [0.4, 0.5) is 0 Å². The van der Waals surface area contributed by atoms with Crippen LogP contribution in [0.5, 0.6) is 5.75 Å². The molecule has 0 spiro atoms. The van der Waals surface area contributed by atoms with E-state index in [0.717, 1.165) is 0 Å². The van der Waals surface area contributed by atoms with E-state index < -0.39 is 72.6 Å². The number of phenols is 1. The predicted molar refractivity (Wildman–Crippen MR) is 133 cm³/mol. The van der Waals surface area contributed by atoms with E-state index >= 15 is 0 Å². The Hall–Kier alpha value is -4.20. The fourth-order valence-electron chi connectivity index (χ4n) is 3.44. The van der Waals surface area contributed by atoms with Crippen LogP contribution in [0.25, 0.3) is 0 Å². The van der Waals surface area contributed by atoms with Crippen LogP contribution < -0.4 is 27.4 Å². The predicted octanol–water partition coefficient (Wildman–Crippen LogP) is -1.41. The van der Waals surface area contributed by atoms with E-state index in [2.05, 4.69) is 16.0 Å². The minimum Gasteiger partial charge on any atom is -0.508 e. The van der Waals surface area contributed by atoms with Crippen molar-refractivity contribution in [3.05, 3.63) is 29.8 Å². The first kappa shape index (κ1) is 31.8. The first-order valence-corrected chi connectivity index (χ1v) is 11.9. The van der Waals surface area contributed by atoms with Crippen molar-refractivity contribution in [3.63, 3.8) is 0 Å². The van der Waals surface area contributed by atoms with Gasteiger partial charge >= 0.3 is 11.9 Å². The van der Waals surface area contributed by atoms with Gasteiger partial charge in [-0.1, -0.05) is 26.0 Å². The number of hydrogen-bond donors (Lipinski definition) is 8. The molecule has 0 aromatic heterocycles. The summed E-state index contributed by atoms with van der Waals surface area (Å²) in [5.41, 5.74) is 11.6. The Morgan fingerprint density at radius 3 is 1.87 bits per heavy atom. The standard InChI is InChI=1S/C24H35N5O9/c1-12(2)9-17(23(36)29-18(24(37)38)11-19(26)31)28-22(35)16(7-8-20(32)33)27-21(34)15(25)10-13-3-5-14(30)6-4-13/h3-6,12,15-18,30H,7-11,25H2,1-2H3,(H2,26,31)(H,27,34)(H,28,35)(H,29,36)(H,32,33)(H,37,38). The molecule has 0 saturated heterocycles. The molecule has 0 bridgehead atoms. The molecule has 0 radical (unpaired) electrons. The topological polar surface area (TPSA) is 251 Å². The average Bonchev–Trinajstić information content (AvgIpc) is 2.81. The highest BCUT2D eigenvalue weighted by atomic mass is 16.4. The zero-order valence-electron chi connectivity index (χ0n) is 21.2. The number of rotatable bonds is 16. The van der Waals surface area contributed by atoms with Gasteiger partial charge in [-0.05, 0) is 42.9 Å². The van der Waals surface area contributed by atoms with E-state index in [1.54, 1.807) is 26.0 Å². The Labute approximate surface area is 219 Å². The molecule has 0 saturated carbocycles. The third-order valence-corrected chi connectivity index (χ3v) is 5.37. The van der Waals surface area contributed by atoms with Crippen LogP contribution >= 0.6 is 0 Å². The number of hydrogen-bond acceptors (Lipinski definition) is 8. The van der Waals surface area contributed by atoms with Gasteiger partial charge in [0.2, 0.25) is 23.6 Å². The number of amides is 4. The van der Waals surface area contributed by atoms with Gasteiger partial charge in [-0.2, -0.15) is 0 Å². The minimum atomic E-state index is -1.62. The summed E-state index contributed by atoms with van der Waals surface area (Å²) in [4.78, 5) is 72.2. The molecule has 0 aliphatic heterocycles. The Morgan fingerprint density at radius 1 is 0.842 bits per heavy atom. The van der Waals surface area contributed by atoms with Crippen molar-refractivity contribution in [1.29, 1.82) is 0 Å². The molecule has 0 fully saturated rings. The van der Waals surface area contributed by atoms with Crippen LogP contribution in [-0.4, -0.2) is 75.1 Å². The van der Waals surface area contributed by atoms with Gasteiger partial charge in [0, 0.05) is 6.42 Å². The SMILES string of the molecule is CC(C)CC(NC(=O)C(CCC(=O)O)NC(=O)C(N)Cc1ccc(O)cc1)C(=O)NC(CC(N)=O)C(=O)O. The third-order valence-electron chi connectivity index (χ3n) is 5.37. The Bertz CT molecular complexity index is 1010. The maximum atomic E-state index is 13.0. The number of carbonyl (C=O) groups excluding carboxylic acids is 4. The van der Waals surface area contributed by atoms with Gasteiger partial charge in [-0.15, -0.1) is 0 Å². The summed E-state index contributed by atoms with van der Waals surface area (Å²) in [5, 5.41) is 34.7. The van der Waals surface area contributed by atoms with Gasteiger partial charge in [-0.3, -0.25) is 24.0 Å². The summed E-state index contributed by atoms with van der Waals surface area (Å²) in [6.45, 7) is 3.49. The van der Waals surface area contributed by atoms with Crippen LogP contribution in [-0.2, 0) is 35.2 Å². The minimum absolute atomic E-state index is 0.0291. The second kappa shape index (κ2) is 15.1. The maximum Gasteiger partial charge on any atom is 0.326 e. The summed E-state index contributed by atoms with van der Waals surface area (Å²) in [7, 11) is 0. The molecule has 1 aromatic rings. The number of carboxylic acids is 2. The summed E-state index contributed by atoms with van der Waals surface area (Å²) >= 11 is 0. The molecule has 210 valence electrons. The second-order valence-electron chi connectivity index (χ2n) is 9.23. The molecule has 38 heavy (non-hydrogen) atoms. The smallest absolute Gasteiger partial charge is 0.326 e. The third kappa shape index (κ3) is 11.7. The molecule has 0 aliphatic rings. The van der Waals surface area contributed by atoms with Crippen molar-refractivity contribution in [2.24, 2.45) is 17.4 Å². The molecule has 0 heterocycles. The number of carbonyl (C=O) groups is 6. The highest BCUT2D eigenvalue weighted by Gasteiger charge is 2.31. The lowest BCUT2D eigenvalue weighted by atomic mass is 10.0. The Kier molecular flexibility index (Phi) is 12.7. The highest BCUT2D eigenvalue weighted by Crippen LogP contribution is 2.12. The molecule has 1 aromatic carbocycles. The molecular formula is C24H35N5O9. The highest BCUT2D eigenvalue weighted by molar-refractivity contribution is 5.95. The maximum absolute atomic E-state index is 13.0. The molecule has 0 aliphatic carbocycles. The fraction of sp³-hybridized carbons (Fsp3) is 0.500. The molecule has 4 unspecified atom stereocenters. The van der Waals surface area contributed by atoms with Gasteiger partial charge in [-0.25, -0.2) is 4.79 Å². The van der Waals surface area contributed by atoms with Crippen LogP contribution in [0.2, 0.25) is 0 Å². The number of phenolic OH excluding ortho intramolecular Hbond substituents is 1. The zero-order valence-corrected chi connectivity index (χ0v) is 21.2. The van der Waals surface area contributed by atoms with Gasteiger partial charge in [0.05, 0.1) is 12.5 Å². The molecule has 14 heteroatoms. The zero-order chi connectivity index (χ0) is 29.0. The lowest BCUT2D eigenvalue weighted by molar-refractivity contribution is -0.144. The normalized spacial score (nSPS) is 14.0. The molecule has 10 N–H and O–H groups in total. The molecule has 4 amide bonds. The van der Waals surface area contributed by atoms with Crippen LogP contribution in [0, 0.1) is 5.92 Å². The van der Waals surface area contributed by atoms with E-state index in [1.807, 2.05) is 0 Å². The quantitative estimate of drug-likeness (QED) is 0.122. The molecular weight excluding hydrogens is 502 g/mol. The van der Waals surface area contributed by atoms with E-state index in [-0.39, 0.29) is 30.9 Å². The van der Waals surface area contributed by atoms with Crippen LogP contribution in [0.1, 0.15) is 45.1 Å². The van der Waals surface area contributed by atoms with Crippen molar-refractivity contribution in [2.45, 2.75) is 70.1 Å². The number of primary amides is 1. The first-order chi connectivity index (χ1) is 17.7. The van der Waals surface area contributed by atoms with Gasteiger partial charge < -0.3 is 42.7 Å². The first-order valence-electron chi connectivity index (χ1n) is 11.9. The van der Waals surface area contributed by atoms with Crippen molar-refractivity contribution in [1.82, 2.24) is 16.0 Å². The summed E-state index contributed by atoms with van der Waals surface area (Å²) in [5.74, 6) is -6.31. The van der Waals surface area contributed by atoms with Gasteiger partial charge in [0.1, 0.15) is 23.9 Å². The monoisotopic (exact) mass is 537 g/mol. The number of carboxylic acid groups (broad SMARTS) is 2. The van der Waals surface area contributed by atoms with E-state index in [1.165, 1.54) is 12.1 Å². The summed E-state index contributed by atoms with van der Waals surface area (Å²) in [6, 6.07) is 0.610. The summed E-state index contributed by atoms with van der Waals surface area (Å²) < 4.78 is 0. The van der Waals surface area contributed by atoms with E-state index in [0.29, 0.717) is 5.56 Å². The van der Waals surface area contributed by atoms with E-state index in [9.17, 15) is 39.0 Å². The Balaban J connectivity index is 3.01. The average molecular weight is 538 g/mol. The van der Waals surface area contributed by atoms with Crippen LogP contribution in [0.3, 0.4) is 0 Å². The number of nitrogens with one attached hydrogen (secondary N) is 3. The number of nitrogens with two attached hydrogens (primary N) is 2. The molecule has 1 rings (SSSR count). The van der Waals surface area contributed by atoms with Gasteiger partial charge in [0.25, 0.3) is 0 Å². The van der Waals surface area contributed by atoms with Crippen LogP contribution in [0.15, 0.2) is 24.3 Å². The van der Waals surface area contributed by atoms with E-state index in [4.69, 9.17) is 16.6 Å². The van der Waals surface area contributed by atoms with Crippen molar-refractivity contribution < 1.29 is 44.1 Å². The summed E-state index contributed by atoms with van der Waals surface area (Å²) in [6.07, 6.45) is -1.32. The number of aliphatic carboxylic acids is 2. The molecule has 14 nitrogen and oxygen atoms in total. The fourth-order valence-corrected chi connectivity index (χ4v) is 3.44. The number of aromatic hydroxyl groups is 1. The largest absolute Gasteiger partial charge is 0.508 e. The second-order valence-corrected chi connectivity index (χ2v) is 9.23. The van der Waals surface area contributed by atoms with Crippen molar-refractivity contribution in [2.75, 3.05) is 0 Å². The lowest BCUT2D eigenvalue weighted by Crippen LogP contribution is -2.57. The van der Waals surface area contributed by atoms with Crippen molar-refractivity contribution in [3.8, 4) is 5.75 Å². The lowest BCUT2D eigenvalue weighted by Gasteiger charge is -2.26. The molecule has 4 atom stereocenters.